The van der Waals surface area contributed by atoms with Crippen molar-refractivity contribution in [2.45, 2.75) is 37.0 Å². The molecule has 21 heavy (non-hydrogen) atoms. The van der Waals surface area contributed by atoms with Gasteiger partial charge in [-0.25, -0.2) is 0 Å². The Morgan fingerprint density at radius 2 is 2.14 bits per heavy atom. The van der Waals surface area contributed by atoms with E-state index in [1.165, 1.54) is 12.8 Å². The van der Waals surface area contributed by atoms with Crippen LogP contribution in [-0.2, 0) is 6.42 Å². The van der Waals surface area contributed by atoms with Crippen LogP contribution in [0.1, 0.15) is 47.8 Å². The molecule has 3 rings (SSSR count). The van der Waals surface area contributed by atoms with Gasteiger partial charge in [-0.05, 0) is 42.7 Å². The average Bonchev–Trinajstić information content (AvgIpc) is 3.00. The molecule has 0 amide bonds. The number of aromatic hydroxyl groups is 1. The number of hydrogen-bond acceptors (Lipinski definition) is 6. The summed E-state index contributed by atoms with van der Waals surface area (Å²) >= 11 is 1.89. The van der Waals surface area contributed by atoms with Crippen molar-refractivity contribution in [3.8, 4) is 5.75 Å². The van der Waals surface area contributed by atoms with Crippen molar-refractivity contribution >= 4 is 11.8 Å². The third-order valence-electron chi connectivity index (χ3n) is 3.63. The van der Waals surface area contributed by atoms with Crippen molar-refractivity contribution in [3.63, 3.8) is 0 Å². The number of thioether (sulfide) groups is 1. The first-order valence-electron chi connectivity index (χ1n) is 7.21. The molecule has 112 valence electrons. The maximum Gasteiger partial charge on any atom is 0.243 e. The van der Waals surface area contributed by atoms with E-state index in [1.54, 1.807) is 12.1 Å². The Bertz CT molecular complexity index is 579. The molecule has 0 saturated carbocycles. The van der Waals surface area contributed by atoms with Crippen molar-refractivity contribution < 1.29 is 9.63 Å². The largest absolute Gasteiger partial charge is 0.508 e. The van der Waals surface area contributed by atoms with E-state index >= 15 is 0 Å². The van der Waals surface area contributed by atoms with Gasteiger partial charge in [0.05, 0.1) is 11.3 Å². The topological polar surface area (TPSA) is 85.2 Å². The molecule has 1 aliphatic rings. The number of benzene rings is 1. The van der Waals surface area contributed by atoms with Gasteiger partial charge in [0.15, 0.2) is 5.82 Å². The summed E-state index contributed by atoms with van der Waals surface area (Å²) < 4.78 is 5.33. The highest BCUT2D eigenvalue weighted by Gasteiger charge is 2.23. The molecule has 5 nitrogen and oxygen atoms in total. The van der Waals surface area contributed by atoms with Gasteiger partial charge in [0.25, 0.3) is 0 Å². The van der Waals surface area contributed by atoms with Gasteiger partial charge >= 0.3 is 0 Å². The molecule has 2 heterocycles. The van der Waals surface area contributed by atoms with Crippen molar-refractivity contribution in [3.05, 3.63) is 41.5 Å². The number of phenols is 1. The summed E-state index contributed by atoms with van der Waals surface area (Å²) in [6, 6.07) is 6.69. The van der Waals surface area contributed by atoms with Crippen molar-refractivity contribution in [2.75, 3.05) is 5.75 Å². The molecule has 2 aromatic rings. The molecule has 0 bridgehead atoms. The SMILES string of the molecule is N[C@@H](Cc1ccc(O)cc1)c1nc(C2CCCCS2)no1. The van der Waals surface area contributed by atoms with Crippen LogP contribution in [0.25, 0.3) is 0 Å². The van der Waals surface area contributed by atoms with Gasteiger partial charge in [-0.2, -0.15) is 16.7 Å². The lowest BCUT2D eigenvalue weighted by atomic mass is 10.1. The van der Waals surface area contributed by atoms with Gasteiger partial charge in [0, 0.05) is 0 Å². The van der Waals surface area contributed by atoms with Gasteiger partial charge in [-0.3, -0.25) is 0 Å². The fourth-order valence-electron chi connectivity index (χ4n) is 2.45. The van der Waals surface area contributed by atoms with Crippen LogP contribution >= 0.6 is 11.8 Å². The molecular formula is C15H19N3O2S. The van der Waals surface area contributed by atoms with E-state index in [-0.39, 0.29) is 11.8 Å². The van der Waals surface area contributed by atoms with Crippen LogP contribution in [-0.4, -0.2) is 21.0 Å². The second-order valence-corrected chi connectivity index (χ2v) is 6.63. The zero-order valence-corrected chi connectivity index (χ0v) is 12.6. The lowest BCUT2D eigenvalue weighted by Crippen LogP contribution is -2.14. The summed E-state index contributed by atoms with van der Waals surface area (Å²) in [6.45, 7) is 0. The summed E-state index contributed by atoms with van der Waals surface area (Å²) in [6.07, 6.45) is 4.21. The number of hydrogen-bond donors (Lipinski definition) is 2. The molecule has 1 aromatic carbocycles. The second-order valence-electron chi connectivity index (χ2n) is 5.32. The maximum atomic E-state index is 9.28. The molecule has 3 N–H and O–H groups in total. The van der Waals surface area contributed by atoms with E-state index in [1.807, 2.05) is 23.9 Å². The number of phenolic OH excluding ortho intramolecular Hbond substituents is 1. The molecule has 0 radical (unpaired) electrons. The van der Waals surface area contributed by atoms with Crippen molar-refractivity contribution in [1.82, 2.24) is 10.1 Å². The monoisotopic (exact) mass is 305 g/mol. The minimum atomic E-state index is -0.315. The van der Waals surface area contributed by atoms with Gasteiger partial charge in [-0.1, -0.05) is 23.7 Å². The lowest BCUT2D eigenvalue weighted by molar-refractivity contribution is 0.349. The number of rotatable bonds is 4. The number of aromatic nitrogens is 2. The predicted molar refractivity (Wildman–Crippen MR) is 82.1 cm³/mol. The van der Waals surface area contributed by atoms with Gasteiger partial charge in [-0.15, -0.1) is 0 Å². The van der Waals surface area contributed by atoms with Gasteiger partial charge < -0.3 is 15.4 Å². The summed E-state index contributed by atoms with van der Waals surface area (Å²) in [7, 11) is 0. The van der Waals surface area contributed by atoms with Crippen molar-refractivity contribution in [2.24, 2.45) is 5.73 Å². The fourth-order valence-corrected chi connectivity index (χ4v) is 3.68. The van der Waals surface area contributed by atoms with Gasteiger partial charge in [0.2, 0.25) is 5.89 Å². The normalized spacial score (nSPS) is 20.3. The Hall–Kier alpha value is -1.53. The first kappa shape index (κ1) is 14.4. The predicted octanol–water partition coefficient (Wildman–Crippen LogP) is 2.98. The molecule has 1 unspecified atom stereocenters. The minimum absolute atomic E-state index is 0.252. The fraction of sp³-hybridized carbons (Fsp3) is 0.467. The molecule has 1 aliphatic heterocycles. The first-order valence-corrected chi connectivity index (χ1v) is 8.26. The summed E-state index contributed by atoms with van der Waals surface area (Å²) in [4.78, 5) is 4.47. The maximum absolute atomic E-state index is 9.28. The Balaban J connectivity index is 1.65. The highest BCUT2D eigenvalue weighted by atomic mass is 32.2. The van der Waals surface area contributed by atoms with E-state index in [2.05, 4.69) is 10.1 Å². The van der Waals surface area contributed by atoms with Crippen LogP contribution in [0.5, 0.6) is 5.75 Å². The van der Waals surface area contributed by atoms with Crippen molar-refractivity contribution in [1.29, 1.82) is 0 Å². The van der Waals surface area contributed by atoms with E-state index in [0.717, 1.165) is 23.6 Å². The van der Waals surface area contributed by atoms with Crippen LogP contribution in [0.4, 0.5) is 0 Å². The van der Waals surface area contributed by atoms with Gasteiger partial charge in [0.1, 0.15) is 5.75 Å². The average molecular weight is 305 g/mol. The third kappa shape index (κ3) is 3.57. The van der Waals surface area contributed by atoms with E-state index in [0.29, 0.717) is 17.6 Å². The molecule has 1 saturated heterocycles. The number of nitrogens with two attached hydrogens (primary N) is 1. The molecule has 1 fully saturated rings. The Morgan fingerprint density at radius 1 is 1.33 bits per heavy atom. The second kappa shape index (κ2) is 6.49. The molecule has 2 atom stereocenters. The van der Waals surface area contributed by atoms with Crippen LogP contribution in [0.15, 0.2) is 28.8 Å². The molecule has 0 aliphatic carbocycles. The van der Waals surface area contributed by atoms with E-state index in [9.17, 15) is 5.11 Å². The first-order chi connectivity index (χ1) is 10.2. The summed E-state index contributed by atoms with van der Waals surface area (Å²) in [5.74, 6) is 2.68. The Labute approximate surface area is 127 Å². The van der Waals surface area contributed by atoms with Crippen LogP contribution < -0.4 is 5.73 Å². The summed E-state index contributed by atoms with van der Waals surface area (Å²) in [5.41, 5.74) is 7.18. The highest BCUT2D eigenvalue weighted by Crippen LogP contribution is 2.37. The van der Waals surface area contributed by atoms with Crippen LogP contribution in [0.3, 0.4) is 0 Å². The lowest BCUT2D eigenvalue weighted by Gasteiger charge is -2.17. The molecule has 6 heteroatoms. The quantitative estimate of drug-likeness (QED) is 0.903. The smallest absolute Gasteiger partial charge is 0.243 e. The van der Waals surface area contributed by atoms with E-state index in [4.69, 9.17) is 10.3 Å². The number of nitrogens with zero attached hydrogens (tertiary/aromatic N) is 2. The molecule has 1 aromatic heterocycles. The standard InChI is InChI=1S/C15H19N3O2S/c16-12(9-10-4-6-11(19)7-5-10)15-17-14(18-20-15)13-3-1-2-8-21-13/h4-7,12-13,19H,1-3,8-9,16H2/t12-,13?/m0/s1. The summed E-state index contributed by atoms with van der Waals surface area (Å²) in [5, 5.41) is 13.7. The van der Waals surface area contributed by atoms with Crippen LogP contribution in [0.2, 0.25) is 0 Å². The minimum Gasteiger partial charge on any atom is -0.508 e. The Kier molecular flexibility index (Phi) is 4.45. The zero-order valence-electron chi connectivity index (χ0n) is 11.7. The molecule has 0 spiro atoms. The zero-order chi connectivity index (χ0) is 14.7. The highest BCUT2D eigenvalue weighted by molar-refractivity contribution is 7.99. The van der Waals surface area contributed by atoms with E-state index < -0.39 is 0 Å². The third-order valence-corrected chi connectivity index (χ3v) is 5.01. The van der Waals surface area contributed by atoms with Crippen LogP contribution in [0, 0.1) is 0 Å². The molecular weight excluding hydrogens is 286 g/mol. The Morgan fingerprint density at radius 3 is 2.86 bits per heavy atom.